The van der Waals surface area contributed by atoms with Crippen molar-refractivity contribution in [2.75, 3.05) is 26.2 Å². The van der Waals surface area contributed by atoms with Gasteiger partial charge in [-0.3, -0.25) is 9.69 Å². The van der Waals surface area contributed by atoms with Crippen molar-refractivity contribution in [3.05, 3.63) is 95.3 Å². The predicted molar refractivity (Wildman–Crippen MR) is 166 cm³/mol. The molecule has 1 aromatic heterocycles. The highest BCUT2D eigenvalue weighted by Gasteiger charge is 2.23. The molecule has 6 nitrogen and oxygen atoms in total. The Morgan fingerprint density at radius 1 is 0.902 bits per heavy atom. The van der Waals surface area contributed by atoms with Gasteiger partial charge in [0.2, 0.25) is 0 Å². The smallest absolute Gasteiger partial charge is 0.258 e. The first kappa shape index (κ1) is 28.9. The molecule has 1 fully saturated rings. The van der Waals surface area contributed by atoms with Crippen molar-refractivity contribution in [1.29, 1.82) is 0 Å². The lowest BCUT2D eigenvalue weighted by atomic mass is 10.0. The highest BCUT2D eigenvalue weighted by molar-refractivity contribution is 5.97. The summed E-state index contributed by atoms with van der Waals surface area (Å²) in [5, 5.41) is 0. The van der Waals surface area contributed by atoms with Crippen molar-refractivity contribution in [3.8, 4) is 5.75 Å². The average Bonchev–Trinajstić information content (AvgIpc) is 3.33. The SMILES string of the molecule is CCOc1ccccc1C(=O)N(CCC(C)C)Cc1nc2ccccc2n1Cc1ccccc1CN1CCCCC1. The van der Waals surface area contributed by atoms with E-state index in [0.717, 1.165) is 36.4 Å². The number of piperidine rings is 1. The molecule has 2 heterocycles. The fourth-order valence-corrected chi connectivity index (χ4v) is 5.75. The lowest BCUT2D eigenvalue weighted by Gasteiger charge is -2.27. The number of nitrogens with zero attached hydrogens (tertiary/aromatic N) is 4. The first-order valence-corrected chi connectivity index (χ1v) is 15.3. The first-order valence-electron chi connectivity index (χ1n) is 15.3. The quantitative estimate of drug-likeness (QED) is 0.187. The van der Waals surface area contributed by atoms with Crippen LogP contribution in [0.4, 0.5) is 0 Å². The zero-order valence-electron chi connectivity index (χ0n) is 24.9. The number of carbonyl (C=O) groups excluding carboxylic acids is 1. The molecule has 0 spiro atoms. The number of fused-ring (bicyclic) bond motifs is 1. The van der Waals surface area contributed by atoms with E-state index in [9.17, 15) is 4.79 Å². The number of ether oxygens (including phenoxy) is 1. The summed E-state index contributed by atoms with van der Waals surface area (Å²) in [4.78, 5) is 23.6. The number of carbonyl (C=O) groups is 1. The monoisotopic (exact) mass is 552 g/mol. The van der Waals surface area contributed by atoms with Gasteiger partial charge in [0.15, 0.2) is 0 Å². The van der Waals surface area contributed by atoms with Crippen LogP contribution in [0.2, 0.25) is 0 Å². The average molecular weight is 553 g/mol. The number of para-hydroxylation sites is 3. The number of hydrogen-bond acceptors (Lipinski definition) is 4. The van der Waals surface area contributed by atoms with Crippen molar-refractivity contribution in [3.63, 3.8) is 0 Å². The second-order valence-corrected chi connectivity index (χ2v) is 11.5. The van der Waals surface area contributed by atoms with E-state index < -0.39 is 0 Å². The van der Waals surface area contributed by atoms with E-state index >= 15 is 0 Å². The van der Waals surface area contributed by atoms with Crippen molar-refractivity contribution in [2.45, 2.75) is 66.1 Å². The van der Waals surface area contributed by atoms with Crippen LogP contribution in [0.5, 0.6) is 5.75 Å². The topological polar surface area (TPSA) is 50.6 Å². The number of likely N-dealkylation sites (tertiary alicyclic amines) is 1. The van der Waals surface area contributed by atoms with Gasteiger partial charge in [0.05, 0.1) is 29.7 Å². The Morgan fingerprint density at radius 3 is 2.34 bits per heavy atom. The standard InChI is InChI=1S/C35H44N4O2/c1-4-41-33-19-11-8-16-30(33)35(40)38(23-20-27(2)3)26-34-36-31-17-9-10-18-32(31)39(34)25-29-15-7-6-14-28(29)24-37-21-12-5-13-22-37/h6-11,14-19,27H,4-5,12-13,20-26H2,1-3H3. The summed E-state index contributed by atoms with van der Waals surface area (Å²) in [6, 6.07) is 24.7. The molecule has 0 aliphatic carbocycles. The van der Waals surface area contributed by atoms with E-state index in [1.54, 1.807) is 0 Å². The maximum atomic E-state index is 14.0. The third-order valence-corrected chi connectivity index (χ3v) is 8.04. The number of imidazole rings is 1. The van der Waals surface area contributed by atoms with Gasteiger partial charge in [-0.2, -0.15) is 0 Å². The molecule has 1 aliphatic heterocycles. The fourth-order valence-electron chi connectivity index (χ4n) is 5.75. The van der Waals surface area contributed by atoms with Crippen molar-refractivity contribution in [2.24, 2.45) is 5.92 Å². The fraction of sp³-hybridized carbons (Fsp3) is 0.429. The zero-order valence-corrected chi connectivity index (χ0v) is 24.9. The number of benzene rings is 3. The summed E-state index contributed by atoms with van der Waals surface area (Å²) in [6.07, 6.45) is 4.82. The maximum absolute atomic E-state index is 14.0. The Balaban J connectivity index is 1.48. The molecule has 1 amide bonds. The molecular weight excluding hydrogens is 508 g/mol. The van der Waals surface area contributed by atoms with Crippen molar-refractivity contribution < 1.29 is 9.53 Å². The van der Waals surface area contributed by atoms with Crippen molar-refractivity contribution in [1.82, 2.24) is 19.4 Å². The van der Waals surface area contributed by atoms with Crippen LogP contribution >= 0.6 is 0 Å². The molecule has 0 unspecified atom stereocenters. The van der Waals surface area contributed by atoms with E-state index in [0.29, 0.717) is 36.9 Å². The van der Waals surface area contributed by atoms with Gasteiger partial charge in [-0.25, -0.2) is 4.98 Å². The van der Waals surface area contributed by atoms with Crippen LogP contribution in [-0.4, -0.2) is 51.5 Å². The van der Waals surface area contributed by atoms with Gasteiger partial charge >= 0.3 is 0 Å². The minimum atomic E-state index is -0.0150. The molecular formula is C35H44N4O2. The molecule has 6 heteroatoms. The highest BCUT2D eigenvalue weighted by atomic mass is 16.5. The van der Waals surface area contributed by atoms with Gasteiger partial charge in [-0.15, -0.1) is 0 Å². The molecule has 0 atom stereocenters. The second-order valence-electron chi connectivity index (χ2n) is 11.5. The normalized spacial score (nSPS) is 14.0. The summed E-state index contributed by atoms with van der Waals surface area (Å²) in [5.41, 5.74) is 5.34. The van der Waals surface area contributed by atoms with E-state index in [4.69, 9.17) is 9.72 Å². The molecule has 1 aliphatic rings. The van der Waals surface area contributed by atoms with Gasteiger partial charge in [-0.05, 0) is 80.6 Å². The van der Waals surface area contributed by atoms with Crippen molar-refractivity contribution >= 4 is 16.9 Å². The molecule has 0 radical (unpaired) electrons. The van der Waals surface area contributed by atoms with Gasteiger partial charge in [0, 0.05) is 19.6 Å². The van der Waals surface area contributed by atoms with Crippen LogP contribution in [-0.2, 0) is 19.6 Å². The molecule has 1 saturated heterocycles. The third kappa shape index (κ3) is 7.17. The third-order valence-electron chi connectivity index (χ3n) is 8.04. The molecule has 0 saturated carbocycles. The van der Waals surface area contributed by atoms with Crippen LogP contribution in [0.1, 0.15) is 73.8 Å². The summed E-state index contributed by atoms with van der Waals surface area (Å²) in [5.74, 6) is 2.01. The number of amides is 1. The molecule has 0 N–H and O–H groups in total. The van der Waals surface area contributed by atoms with Crippen LogP contribution < -0.4 is 4.74 Å². The Hall–Kier alpha value is -3.64. The van der Waals surface area contributed by atoms with Gasteiger partial charge in [-0.1, -0.05) is 68.8 Å². The molecule has 3 aromatic carbocycles. The van der Waals surface area contributed by atoms with Gasteiger partial charge < -0.3 is 14.2 Å². The number of hydrogen-bond donors (Lipinski definition) is 0. The largest absolute Gasteiger partial charge is 0.493 e. The van der Waals surface area contributed by atoms with Crippen LogP contribution in [0.15, 0.2) is 72.8 Å². The Labute approximate surface area is 244 Å². The second kappa shape index (κ2) is 13.8. The first-order chi connectivity index (χ1) is 20.0. The van der Waals surface area contributed by atoms with Crippen LogP contribution in [0.3, 0.4) is 0 Å². The minimum absolute atomic E-state index is 0.0150. The molecule has 0 bridgehead atoms. The van der Waals surface area contributed by atoms with Gasteiger partial charge in [0.25, 0.3) is 5.91 Å². The summed E-state index contributed by atoms with van der Waals surface area (Å²) in [7, 11) is 0. The van der Waals surface area contributed by atoms with Gasteiger partial charge in [0.1, 0.15) is 11.6 Å². The van der Waals surface area contributed by atoms with E-state index in [1.807, 2.05) is 42.2 Å². The highest BCUT2D eigenvalue weighted by Crippen LogP contribution is 2.25. The zero-order chi connectivity index (χ0) is 28.6. The molecule has 4 aromatic rings. The minimum Gasteiger partial charge on any atom is -0.493 e. The van der Waals surface area contributed by atoms with E-state index in [1.165, 1.54) is 43.5 Å². The summed E-state index contributed by atoms with van der Waals surface area (Å²) >= 11 is 0. The molecule has 41 heavy (non-hydrogen) atoms. The lowest BCUT2D eigenvalue weighted by Crippen LogP contribution is -2.33. The summed E-state index contributed by atoms with van der Waals surface area (Å²) in [6.45, 7) is 12.0. The Kier molecular flexibility index (Phi) is 9.73. The Bertz CT molecular complexity index is 1440. The summed E-state index contributed by atoms with van der Waals surface area (Å²) < 4.78 is 8.15. The van der Waals surface area contributed by atoms with Crippen LogP contribution in [0.25, 0.3) is 11.0 Å². The molecule has 5 rings (SSSR count). The number of aromatic nitrogens is 2. The lowest BCUT2D eigenvalue weighted by molar-refractivity contribution is 0.0725. The van der Waals surface area contributed by atoms with Crippen LogP contribution in [0, 0.1) is 5.92 Å². The predicted octanol–water partition coefficient (Wildman–Crippen LogP) is 7.16. The maximum Gasteiger partial charge on any atom is 0.258 e. The Morgan fingerprint density at radius 2 is 1.59 bits per heavy atom. The van der Waals surface area contributed by atoms with E-state index in [-0.39, 0.29) is 5.91 Å². The van der Waals surface area contributed by atoms with E-state index in [2.05, 4.69) is 65.8 Å². The molecule has 216 valence electrons. The number of rotatable bonds is 12.